The Balaban J connectivity index is 1.72. The summed E-state index contributed by atoms with van der Waals surface area (Å²) in [5.74, 6) is 0.449. The van der Waals surface area contributed by atoms with Crippen molar-refractivity contribution in [3.8, 4) is 11.5 Å². The number of carbonyl (C=O) groups excluding carboxylic acids is 2. The molecular weight excluding hydrogens is 424 g/mol. The number of ether oxygens (including phenoxy) is 2. The molecule has 32 heavy (non-hydrogen) atoms. The lowest BCUT2D eigenvalue weighted by Crippen LogP contribution is -2.32. The highest BCUT2D eigenvalue weighted by atomic mass is 32.1. The molecular formula is C25H24N2O4S. The van der Waals surface area contributed by atoms with Gasteiger partial charge < -0.3 is 14.8 Å². The maximum absolute atomic E-state index is 13.5. The topological polar surface area (TPSA) is 67.9 Å². The minimum Gasteiger partial charge on any atom is -0.494 e. The molecule has 1 aromatic heterocycles. The first kappa shape index (κ1) is 21.6. The maximum atomic E-state index is 13.5. The van der Waals surface area contributed by atoms with Gasteiger partial charge in [0.05, 0.1) is 24.5 Å². The molecule has 1 aliphatic rings. The molecule has 0 aliphatic carbocycles. The molecule has 0 unspecified atom stereocenters. The smallest absolute Gasteiger partial charge is 0.282 e. The summed E-state index contributed by atoms with van der Waals surface area (Å²) in [6, 6.07) is 18.1. The van der Waals surface area contributed by atoms with Gasteiger partial charge in [0.25, 0.3) is 11.8 Å². The first-order valence-corrected chi connectivity index (χ1v) is 11.4. The molecule has 0 radical (unpaired) electrons. The Morgan fingerprint density at radius 1 is 0.906 bits per heavy atom. The number of amides is 2. The van der Waals surface area contributed by atoms with Gasteiger partial charge in [-0.05, 0) is 61.2 Å². The average molecular weight is 449 g/mol. The van der Waals surface area contributed by atoms with Gasteiger partial charge in [0.15, 0.2) is 0 Å². The Bertz CT molecular complexity index is 1140. The molecule has 164 valence electrons. The van der Waals surface area contributed by atoms with Crippen molar-refractivity contribution in [3.63, 3.8) is 0 Å². The van der Waals surface area contributed by atoms with Gasteiger partial charge in [-0.3, -0.25) is 9.59 Å². The number of anilines is 2. The van der Waals surface area contributed by atoms with Crippen LogP contribution in [0, 0.1) is 0 Å². The minimum absolute atomic E-state index is 0.243. The summed E-state index contributed by atoms with van der Waals surface area (Å²) in [6.45, 7) is 4.99. The Morgan fingerprint density at radius 3 is 2.38 bits per heavy atom. The van der Waals surface area contributed by atoms with E-state index >= 15 is 0 Å². The molecule has 0 spiro atoms. The number of thiophene rings is 1. The number of benzene rings is 2. The van der Waals surface area contributed by atoms with Crippen molar-refractivity contribution in [1.29, 1.82) is 0 Å². The zero-order valence-corrected chi connectivity index (χ0v) is 18.8. The summed E-state index contributed by atoms with van der Waals surface area (Å²) < 4.78 is 11.3. The number of carbonyl (C=O) groups is 2. The van der Waals surface area contributed by atoms with E-state index in [9.17, 15) is 9.59 Å². The SMILES string of the molecule is CCCOc1ccccc1N1C(=O)C(Nc2ccc(OCC)cc2)=C(c2cccs2)C1=O. The van der Waals surface area contributed by atoms with Gasteiger partial charge in [-0.2, -0.15) is 0 Å². The van der Waals surface area contributed by atoms with Crippen LogP contribution in [0.1, 0.15) is 25.1 Å². The Morgan fingerprint density at radius 2 is 1.69 bits per heavy atom. The molecule has 1 N–H and O–H groups in total. The van der Waals surface area contributed by atoms with E-state index in [0.29, 0.717) is 35.9 Å². The summed E-state index contributed by atoms with van der Waals surface area (Å²) in [5, 5.41) is 5.05. The van der Waals surface area contributed by atoms with Crippen molar-refractivity contribution >= 4 is 40.1 Å². The van der Waals surface area contributed by atoms with Crippen LogP contribution in [0.15, 0.2) is 71.7 Å². The second-order valence-electron chi connectivity index (χ2n) is 7.07. The van der Waals surface area contributed by atoms with Gasteiger partial charge in [0.2, 0.25) is 0 Å². The fourth-order valence-electron chi connectivity index (χ4n) is 3.44. The van der Waals surface area contributed by atoms with Crippen molar-refractivity contribution in [2.24, 2.45) is 0 Å². The zero-order valence-electron chi connectivity index (χ0n) is 18.0. The monoisotopic (exact) mass is 448 g/mol. The number of nitrogens with zero attached hydrogens (tertiary/aromatic N) is 1. The zero-order chi connectivity index (χ0) is 22.5. The third-order valence-corrected chi connectivity index (χ3v) is 5.74. The average Bonchev–Trinajstić information content (AvgIpc) is 3.41. The second kappa shape index (κ2) is 9.70. The number of imide groups is 1. The van der Waals surface area contributed by atoms with Gasteiger partial charge in [0.1, 0.15) is 17.2 Å². The minimum atomic E-state index is -0.417. The molecule has 0 fully saturated rings. The number of hydrogen-bond acceptors (Lipinski definition) is 6. The van der Waals surface area contributed by atoms with Crippen LogP contribution in [0.5, 0.6) is 11.5 Å². The molecule has 7 heteroatoms. The molecule has 0 saturated carbocycles. The van der Waals surface area contributed by atoms with Crippen LogP contribution >= 0.6 is 11.3 Å². The number of rotatable bonds is 9. The Hall–Kier alpha value is -3.58. The van der Waals surface area contributed by atoms with E-state index in [4.69, 9.17) is 9.47 Å². The highest BCUT2D eigenvalue weighted by molar-refractivity contribution is 7.11. The van der Waals surface area contributed by atoms with E-state index in [1.54, 1.807) is 18.2 Å². The molecule has 2 amide bonds. The quantitative estimate of drug-likeness (QED) is 0.448. The summed E-state index contributed by atoms with van der Waals surface area (Å²) in [6.07, 6.45) is 0.819. The lowest BCUT2D eigenvalue weighted by Gasteiger charge is -2.19. The van der Waals surface area contributed by atoms with Crippen LogP contribution in [0.4, 0.5) is 11.4 Å². The standard InChI is InChI=1S/C25H24N2O4S/c1-3-15-31-20-9-6-5-8-19(20)27-24(28)22(21-10-7-16-32-21)23(25(27)29)26-17-11-13-18(14-12-17)30-4-2/h5-14,16,26H,3-4,15H2,1-2H3. The Labute approximate surface area is 191 Å². The third-order valence-electron chi connectivity index (χ3n) is 4.85. The van der Waals surface area contributed by atoms with Gasteiger partial charge in [-0.15, -0.1) is 11.3 Å². The van der Waals surface area contributed by atoms with Crippen molar-refractivity contribution in [2.45, 2.75) is 20.3 Å². The van der Waals surface area contributed by atoms with Crippen LogP contribution in [-0.4, -0.2) is 25.0 Å². The van der Waals surface area contributed by atoms with E-state index in [1.807, 2.05) is 61.7 Å². The lowest BCUT2D eigenvalue weighted by atomic mass is 10.2. The molecule has 3 aromatic rings. The van der Waals surface area contributed by atoms with E-state index < -0.39 is 5.91 Å². The van der Waals surface area contributed by atoms with Crippen molar-refractivity contribution in [1.82, 2.24) is 0 Å². The summed E-state index contributed by atoms with van der Waals surface area (Å²) in [7, 11) is 0. The van der Waals surface area contributed by atoms with Crippen LogP contribution in [0.25, 0.3) is 5.57 Å². The first-order chi connectivity index (χ1) is 15.6. The largest absolute Gasteiger partial charge is 0.494 e. The normalized spacial score (nSPS) is 13.6. The van der Waals surface area contributed by atoms with Crippen molar-refractivity contribution in [3.05, 3.63) is 76.6 Å². The summed E-state index contributed by atoms with van der Waals surface area (Å²) in [4.78, 5) is 29.0. The molecule has 1 aliphatic heterocycles. The van der Waals surface area contributed by atoms with Crippen molar-refractivity contribution in [2.75, 3.05) is 23.4 Å². The highest BCUT2D eigenvalue weighted by Crippen LogP contribution is 2.39. The molecule has 0 saturated heterocycles. The predicted octanol–water partition coefficient (Wildman–Crippen LogP) is 5.33. The molecule has 4 rings (SSSR count). The fourth-order valence-corrected chi connectivity index (χ4v) is 4.20. The van der Waals surface area contributed by atoms with Gasteiger partial charge in [-0.1, -0.05) is 25.1 Å². The second-order valence-corrected chi connectivity index (χ2v) is 8.02. The molecule has 2 heterocycles. The van der Waals surface area contributed by atoms with Crippen molar-refractivity contribution < 1.29 is 19.1 Å². The third kappa shape index (κ3) is 4.24. The van der Waals surface area contributed by atoms with Crippen LogP contribution < -0.4 is 19.7 Å². The summed E-state index contributed by atoms with van der Waals surface area (Å²) >= 11 is 1.42. The van der Waals surface area contributed by atoms with Crippen LogP contribution in [0.3, 0.4) is 0 Å². The number of hydrogen-bond donors (Lipinski definition) is 1. The molecule has 0 bridgehead atoms. The molecule has 0 atom stereocenters. The fraction of sp³-hybridized carbons (Fsp3) is 0.200. The summed E-state index contributed by atoms with van der Waals surface area (Å²) in [5.41, 5.74) is 1.72. The van der Waals surface area contributed by atoms with Gasteiger partial charge in [-0.25, -0.2) is 4.90 Å². The van der Waals surface area contributed by atoms with E-state index in [2.05, 4.69) is 5.32 Å². The van der Waals surface area contributed by atoms with Gasteiger partial charge in [0, 0.05) is 10.6 Å². The number of nitrogens with one attached hydrogen (secondary N) is 1. The van der Waals surface area contributed by atoms with Crippen LogP contribution in [-0.2, 0) is 9.59 Å². The first-order valence-electron chi connectivity index (χ1n) is 10.5. The van der Waals surface area contributed by atoms with E-state index in [-0.39, 0.29) is 11.6 Å². The van der Waals surface area contributed by atoms with Crippen LogP contribution in [0.2, 0.25) is 0 Å². The molecule has 2 aromatic carbocycles. The maximum Gasteiger partial charge on any atom is 0.282 e. The van der Waals surface area contributed by atoms with E-state index in [0.717, 1.165) is 17.0 Å². The predicted molar refractivity (Wildman–Crippen MR) is 127 cm³/mol. The number of para-hydroxylation sites is 2. The van der Waals surface area contributed by atoms with E-state index in [1.165, 1.54) is 16.2 Å². The lowest BCUT2D eigenvalue weighted by molar-refractivity contribution is -0.120. The highest BCUT2D eigenvalue weighted by Gasteiger charge is 2.41. The van der Waals surface area contributed by atoms with Gasteiger partial charge >= 0.3 is 0 Å². The molecule has 6 nitrogen and oxygen atoms in total. The Kier molecular flexibility index (Phi) is 6.56.